The molecule has 0 radical (unpaired) electrons. The maximum absolute atomic E-state index is 11.0. The van der Waals surface area contributed by atoms with E-state index in [0.29, 0.717) is 21.9 Å². The van der Waals surface area contributed by atoms with Crippen LogP contribution in [-0.4, -0.2) is 29.0 Å². The van der Waals surface area contributed by atoms with Crippen LogP contribution in [0.1, 0.15) is 11.5 Å². The molecule has 0 saturated heterocycles. The molecule has 0 atom stereocenters. The summed E-state index contributed by atoms with van der Waals surface area (Å²) in [6.07, 6.45) is 0. The number of hydrogen-bond donors (Lipinski definition) is 0. The number of aryl methyl sites for hydroxylation is 1. The van der Waals surface area contributed by atoms with Gasteiger partial charge in [0.2, 0.25) is 0 Å². The first-order valence-corrected chi connectivity index (χ1v) is 7.36. The van der Waals surface area contributed by atoms with Crippen molar-refractivity contribution in [2.45, 2.75) is 18.8 Å². The van der Waals surface area contributed by atoms with Gasteiger partial charge in [0.1, 0.15) is 11.5 Å². The number of rotatable bonds is 6. The van der Waals surface area contributed by atoms with Crippen LogP contribution in [0.3, 0.4) is 0 Å². The summed E-state index contributed by atoms with van der Waals surface area (Å²) in [5.41, 5.74) is 0.925. The van der Waals surface area contributed by atoms with E-state index in [4.69, 9.17) is 20.8 Å². The number of hydrogen-bond acceptors (Lipinski definition) is 7. The molecule has 0 spiro atoms. The minimum absolute atomic E-state index is 0.120. The monoisotopic (exact) mass is 328 g/mol. The molecule has 2 rings (SSSR count). The molecule has 1 aromatic heterocycles. The zero-order chi connectivity index (χ0) is 15.2. The maximum atomic E-state index is 11.0. The average molecular weight is 329 g/mol. The van der Waals surface area contributed by atoms with Crippen molar-refractivity contribution in [1.29, 1.82) is 0 Å². The van der Waals surface area contributed by atoms with Crippen LogP contribution in [0.4, 0.5) is 0 Å². The number of aromatic nitrogens is 2. The highest BCUT2D eigenvalue weighted by atomic mass is 35.5. The Morgan fingerprint density at radius 2 is 2.24 bits per heavy atom. The van der Waals surface area contributed by atoms with E-state index in [1.165, 1.54) is 7.11 Å². The third-order valence-corrected chi connectivity index (χ3v) is 3.70. The number of methoxy groups -OCH3 is 1. The number of esters is 1. The molecule has 0 aliphatic carbocycles. The molecule has 1 aromatic carbocycles. The molecule has 0 aliphatic heterocycles. The highest BCUT2D eigenvalue weighted by Gasteiger charge is 2.10. The molecule has 2 aromatic rings. The number of halogens is 1. The highest BCUT2D eigenvalue weighted by Crippen LogP contribution is 2.22. The molecule has 0 N–H and O–H groups in total. The third kappa shape index (κ3) is 4.64. The summed E-state index contributed by atoms with van der Waals surface area (Å²) >= 11 is 7.05. The lowest BCUT2D eigenvalue weighted by Gasteiger charge is -2.05. The number of benzene rings is 1. The van der Waals surface area contributed by atoms with Gasteiger partial charge in [-0.25, -0.2) is 0 Å². The predicted molar refractivity (Wildman–Crippen MR) is 77.6 cm³/mol. The first-order valence-electron chi connectivity index (χ1n) is 5.99. The van der Waals surface area contributed by atoms with Gasteiger partial charge in [-0.05, 0) is 30.7 Å². The van der Waals surface area contributed by atoms with Gasteiger partial charge in [0.05, 0.1) is 7.11 Å². The molecule has 0 aliphatic rings. The van der Waals surface area contributed by atoms with Crippen LogP contribution in [0, 0.1) is 6.92 Å². The number of ether oxygens (including phenoxy) is 2. The summed E-state index contributed by atoms with van der Waals surface area (Å²) in [4.78, 5) is 11.0. The fourth-order valence-electron chi connectivity index (χ4n) is 1.39. The summed E-state index contributed by atoms with van der Waals surface area (Å²) < 4.78 is 15.4. The van der Waals surface area contributed by atoms with Gasteiger partial charge in [0, 0.05) is 5.02 Å². The van der Waals surface area contributed by atoms with E-state index in [1.807, 2.05) is 13.0 Å². The Bertz CT molecular complexity index is 632. The van der Waals surface area contributed by atoms with Gasteiger partial charge in [-0.1, -0.05) is 23.4 Å². The Kier molecular flexibility index (Phi) is 5.46. The summed E-state index contributed by atoms with van der Waals surface area (Å²) in [5, 5.41) is 8.62. The molecular formula is C13H13ClN2O4S. The summed E-state index contributed by atoms with van der Waals surface area (Å²) in [6, 6.07) is 5.35. The van der Waals surface area contributed by atoms with Crippen molar-refractivity contribution in [1.82, 2.24) is 10.2 Å². The zero-order valence-corrected chi connectivity index (χ0v) is 13.0. The quantitative estimate of drug-likeness (QED) is 0.596. The molecule has 0 saturated carbocycles. The Balaban J connectivity index is 1.87. The minimum Gasteiger partial charge on any atom is -0.484 e. The van der Waals surface area contributed by atoms with E-state index in [1.54, 1.807) is 12.1 Å². The van der Waals surface area contributed by atoms with Crippen molar-refractivity contribution in [3.8, 4) is 5.75 Å². The van der Waals surface area contributed by atoms with Crippen LogP contribution < -0.4 is 4.74 Å². The van der Waals surface area contributed by atoms with E-state index >= 15 is 0 Å². The molecule has 6 nitrogen and oxygen atoms in total. The highest BCUT2D eigenvalue weighted by molar-refractivity contribution is 7.99. The molecule has 0 fully saturated rings. The lowest BCUT2D eigenvalue weighted by atomic mass is 10.2. The molecule has 0 bridgehead atoms. The SMILES string of the molecule is COC(=O)CSc1nnc(COc2ccc(Cl)c(C)c2)o1. The normalized spacial score (nSPS) is 10.4. The van der Waals surface area contributed by atoms with Crippen molar-refractivity contribution in [3.05, 3.63) is 34.7 Å². The molecule has 0 amide bonds. The van der Waals surface area contributed by atoms with Crippen molar-refractivity contribution in [2.24, 2.45) is 0 Å². The second-order valence-corrected chi connectivity index (χ2v) is 5.36. The molecule has 1 heterocycles. The van der Waals surface area contributed by atoms with E-state index in [0.717, 1.165) is 17.3 Å². The zero-order valence-electron chi connectivity index (χ0n) is 11.5. The second kappa shape index (κ2) is 7.33. The van der Waals surface area contributed by atoms with E-state index in [2.05, 4.69) is 14.9 Å². The Labute approximate surface area is 130 Å². The van der Waals surface area contributed by atoms with E-state index in [9.17, 15) is 4.79 Å². The smallest absolute Gasteiger partial charge is 0.316 e. The van der Waals surface area contributed by atoms with Crippen LogP contribution in [0.15, 0.2) is 27.8 Å². The minimum atomic E-state index is -0.354. The van der Waals surface area contributed by atoms with Crippen LogP contribution >= 0.6 is 23.4 Å². The summed E-state index contributed by atoms with van der Waals surface area (Å²) in [5.74, 6) is 0.761. The van der Waals surface area contributed by atoms with Crippen molar-refractivity contribution >= 4 is 29.3 Å². The number of thioether (sulfide) groups is 1. The fourth-order valence-corrected chi connectivity index (χ4v) is 2.12. The van der Waals surface area contributed by atoms with Crippen molar-refractivity contribution in [3.63, 3.8) is 0 Å². The van der Waals surface area contributed by atoms with Gasteiger partial charge in [0.15, 0.2) is 6.61 Å². The fraction of sp³-hybridized carbons (Fsp3) is 0.308. The summed E-state index contributed by atoms with van der Waals surface area (Å²) in [7, 11) is 1.32. The van der Waals surface area contributed by atoms with Gasteiger partial charge >= 0.3 is 5.97 Å². The largest absolute Gasteiger partial charge is 0.484 e. The van der Waals surface area contributed by atoms with Gasteiger partial charge in [0.25, 0.3) is 11.1 Å². The van der Waals surface area contributed by atoms with E-state index in [-0.39, 0.29) is 18.3 Å². The molecule has 21 heavy (non-hydrogen) atoms. The first-order chi connectivity index (χ1) is 10.1. The van der Waals surface area contributed by atoms with Gasteiger partial charge in [-0.3, -0.25) is 4.79 Å². The first kappa shape index (κ1) is 15.7. The predicted octanol–water partition coefficient (Wildman–Crippen LogP) is 2.88. The van der Waals surface area contributed by atoms with Crippen molar-refractivity contribution in [2.75, 3.05) is 12.9 Å². The Morgan fingerprint density at radius 1 is 1.43 bits per heavy atom. The van der Waals surface area contributed by atoms with Crippen molar-refractivity contribution < 1.29 is 18.7 Å². The van der Waals surface area contributed by atoms with Gasteiger partial charge in [-0.15, -0.1) is 10.2 Å². The van der Waals surface area contributed by atoms with Crippen LogP contribution in [-0.2, 0) is 16.1 Å². The third-order valence-electron chi connectivity index (χ3n) is 2.48. The number of nitrogens with zero attached hydrogens (tertiary/aromatic N) is 2. The molecule has 112 valence electrons. The Morgan fingerprint density at radius 3 is 2.95 bits per heavy atom. The Hall–Kier alpha value is -1.73. The van der Waals surface area contributed by atoms with Crippen LogP contribution in [0.2, 0.25) is 5.02 Å². The average Bonchev–Trinajstić information content (AvgIpc) is 2.94. The molecule has 8 heteroatoms. The number of carbonyl (C=O) groups excluding carboxylic acids is 1. The lowest BCUT2D eigenvalue weighted by molar-refractivity contribution is -0.137. The lowest BCUT2D eigenvalue weighted by Crippen LogP contribution is -2.02. The van der Waals surface area contributed by atoms with Crippen LogP contribution in [0.25, 0.3) is 0 Å². The van der Waals surface area contributed by atoms with Gasteiger partial charge in [-0.2, -0.15) is 0 Å². The van der Waals surface area contributed by atoms with Gasteiger partial charge < -0.3 is 13.9 Å². The summed E-state index contributed by atoms with van der Waals surface area (Å²) in [6.45, 7) is 2.04. The molecular weight excluding hydrogens is 316 g/mol. The van der Waals surface area contributed by atoms with Crippen LogP contribution in [0.5, 0.6) is 5.75 Å². The topological polar surface area (TPSA) is 74.5 Å². The van der Waals surface area contributed by atoms with E-state index < -0.39 is 0 Å². The standard InChI is InChI=1S/C13H13ClN2O4S/c1-8-5-9(3-4-10(8)14)19-6-11-15-16-13(20-11)21-7-12(17)18-2/h3-5H,6-7H2,1-2H3. The number of carbonyl (C=O) groups is 1. The maximum Gasteiger partial charge on any atom is 0.316 e. The molecule has 0 unspecified atom stereocenters. The second-order valence-electron chi connectivity index (χ2n) is 4.03.